The number of hydrogen-bond acceptors (Lipinski definition) is 3. The number of benzene rings is 1. The number of aromatic nitrogens is 4. The molecule has 1 aliphatic carbocycles. The smallest absolute Gasteiger partial charge is 0.322 e. The average Bonchev–Trinajstić information content (AvgIpc) is 3.25. The van der Waals surface area contributed by atoms with Gasteiger partial charge in [0.1, 0.15) is 11.9 Å². The zero-order chi connectivity index (χ0) is 22.3. The average molecular weight is 452 g/mol. The number of nitrogens with one attached hydrogen (secondary N) is 1. The van der Waals surface area contributed by atoms with E-state index in [4.69, 9.17) is 11.6 Å². The van der Waals surface area contributed by atoms with Gasteiger partial charge >= 0.3 is 6.18 Å². The first-order valence-electron chi connectivity index (χ1n) is 9.92. The fourth-order valence-corrected chi connectivity index (χ4v) is 3.82. The van der Waals surface area contributed by atoms with Crippen molar-refractivity contribution in [2.75, 3.05) is 5.32 Å². The van der Waals surface area contributed by atoms with Crippen molar-refractivity contribution in [3.05, 3.63) is 58.9 Å². The van der Waals surface area contributed by atoms with Crippen LogP contribution in [0.3, 0.4) is 0 Å². The lowest BCUT2D eigenvalue weighted by atomic mass is 9.82. The fourth-order valence-electron chi connectivity index (χ4n) is 3.70. The highest BCUT2D eigenvalue weighted by atomic mass is 35.5. The van der Waals surface area contributed by atoms with Gasteiger partial charge in [0.25, 0.3) is 0 Å². The third-order valence-electron chi connectivity index (χ3n) is 5.63. The molecule has 10 heteroatoms. The quantitative estimate of drug-likeness (QED) is 0.555. The molecule has 0 spiro atoms. The van der Waals surface area contributed by atoms with Gasteiger partial charge in [0.15, 0.2) is 5.69 Å². The molecule has 1 amide bonds. The van der Waals surface area contributed by atoms with Crippen molar-refractivity contribution >= 4 is 23.2 Å². The zero-order valence-electron chi connectivity index (χ0n) is 16.9. The number of carbonyl (C=O) groups excluding carboxylic acids is 1. The van der Waals surface area contributed by atoms with E-state index in [0.29, 0.717) is 10.7 Å². The van der Waals surface area contributed by atoms with Crippen LogP contribution in [0.4, 0.5) is 18.9 Å². The van der Waals surface area contributed by atoms with Gasteiger partial charge in [-0.15, -0.1) is 0 Å². The summed E-state index contributed by atoms with van der Waals surface area (Å²) in [7, 11) is 0. The monoisotopic (exact) mass is 451 g/mol. The normalized spacial score (nSPS) is 15.5. The Balaban J connectivity index is 1.61. The van der Waals surface area contributed by atoms with Gasteiger partial charge in [0.2, 0.25) is 5.91 Å². The molecule has 1 aliphatic rings. The predicted molar refractivity (Wildman–Crippen MR) is 110 cm³/mol. The van der Waals surface area contributed by atoms with Crippen molar-refractivity contribution in [2.45, 2.75) is 51.2 Å². The minimum absolute atomic E-state index is 0.117. The zero-order valence-corrected chi connectivity index (χ0v) is 17.7. The summed E-state index contributed by atoms with van der Waals surface area (Å²) < 4.78 is 41.9. The standard InChI is InChI=1S/C21H21ClF3N5O/c1-12(29-11-18(21(23,24)25)27-13(29)2)20(31)28-17-10-26-30(19(17)14-4-3-5-14)16-8-6-15(22)7-9-16/h6-12,14H,3-5H2,1-2H3,(H,28,31)/t12-/m1/s1. The molecule has 2 aromatic heterocycles. The Morgan fingerprint density at radius 2 is 1.94 bits per heavy atom. The maximum Gasteiger partial charge on any atom is 0.434 e. The van der Waals surface area contributed by atoms with Crippen LogP contribution in [0.15, 0.2) is 36.7 Å². The third kappa shape index (κ3) is 4.19. The number of imidazole rings is 1. The first-order chi connectivity index (χ1) is 14.6. The highest BCUT2D eigenvalue weighted by molar-refractivity contribution is 6.30. The van der Waals surface area contributed by atoms with Crippen LogP contribution in [0.1, 0.15) is 55.4 Å². The van der Waals surface area contributed by atoms with Crippen LogP contribution in [0, 0.1) is 6.92 Å². The molecule has 1 fully saturated rings. The molecule has 164 valence electrons. The number of amides is 1. The van der Waals surface area contributed by atoms with Gasteiger partial charge in [0.05, 0.1) is 23.3 Å². The Bertz CT molecular complexity index is 1100. The summed E-state index contributed by atoms with van der Waals surface area (Å²) in [5.74, 6) is -0.0768. The number of nitrogens with zero attached hydrogens (tertiary/aromatic N) is 4. The van der Waals surface area contributed by atoms with Crippen molar-refractivity contribution < 1.29 is 18.0 Å². The van der Waals surface area contributed by atoms with E-state index in [-0.39, 0.29) is 11.7 Å². The molecule has 31 heavy (non-hydrogen) atoms. The van der Waals surface area contributed by atoms with Crippen LogP contribution in [0.2, 0.25) is 5.02 Å². The molecule has 2 heterocycles. The Morgan fingerprint density at radius 1 is 1.26 bits per heavy atom. The van der Waals surface area contributed by atoms with Gasteiger partial charge in [-0.25, -0.2) is 9.67 Å². The maximum absolute atomic E-state index is 13.0. The highest BCUT2D eigenvalue weighted by Crippen LogP contribution is 2.41. The van der Waals surface area contributed by atoms with Crippen LogP contribution in [0.5, 0.6) is 0 Å². The molecule has 1 aromatic carbocycles. The molecule has 1 atom stereocenters. The van der Waals surface area contributed by atoms with Gasteiger partial charge in [-0.1, -0.05) is 18.0 Å². The van der Waals surface area contributed by atoms with Crippen LogP contribution in [-0.4, -0.2) is 25.2 Å². The molecule has 0 bridgehead atoms. The number of rotatable bonds is 5. The van der Waals surface area contributed by atoms with Crippen molar-refractivity contribution in [2.24, 2.45) is 0 Å². The molecular weight excluding hydrogens is 431 g/mol. The van der Waals surface area contributed by atoms with Crippen LogP contribution >= 0.6 is 11.6 Å². The second-order valence-corrected chi connectivity index (χ2v) is 8.14. The van der Waals surface area contributed by atoms with Gasteiger partial charge in [-0.3, -0.25) is 4.79 Å². The summed E-state index contributed by atoms with van der Waals surface area (Å²) in [6.07, 6.45) is 0.928. The lowest BCUT2D eigenvalue weighted by molar-refractivity contribution is -0.141. The van der Waals surface area contributed by atoms with Crippen LogP contribution < -0.4 is 5.32 Å². The summed E-state index contributed by atoms with van der Waals surface area (Å²) in [4.78, 5) is 16.4. The van der Waals surface area contributed by atoms with E-state index < -0.39 is 23.8 Å². The number of hydrogen-bond donors (Lipinski definition) is 1. The number of anilines is 1. The number of alkyl halides is 3. The second kappa shape index (κ2) is 8.03. The third-order valence-corrected chi connectivity index (χ3v) is 5.88. The van der Waals surface area contributed by atoms with E-state index in [1.807, 2.05) is 12.1 Å². The SMILES string of the molecule is Cc1nc(C(F)(F)F)cn1[C@H](C)C(=O)Nc1cnn(-c2ccc(Cl)cc2)c1C1CCC1. The molecule has 6 nitrogen and oxygen atoms in total. The van der Waals surface area contributed by atoms with Crippen molar-refractivity contribution in [3.8, 4) is 5.69 Å². The summed E-state index contributed by atoms with van der Waals surface area (Å²) in [5.41, 5.74) is 1.24. The van der Waals surface area contributed by atoms with E-state index >= 15 is 0 Å². The number of aryl methyl sites for hydroxylation is 1. The molecule has 0 radical (unpaired) electrons. The first kappa shape index (κ1) is 21.4. The summed E-state index contributed by atoms with van der Waals surface area (Å²) in [6, 6.07) is 6.35. The molecule has 3 aromatic rings. The van der Waals surface area contributed by atoms with Crippen molar-refractivity contribution in [3.63, 3.8) is 0 Å². The van der Waals surface area contributed by atoms with E-state index in [2.05, 4.69) is 15.4 Å². The molecule has 4 rings (SSSR count). The Labute approximate surface area is 182 Å². The predicted octanol–water partition coefficient (Wildman–Crippen LogP) is 5.52. The van der Waals surface area contributed by atoms with E-state index in [9.17, 15) is 18.0 Å². The molecule has 1 N–H and O–H groups in total. The lowest BCUT2D eigenvalue weighted by Crippen LogP contribution is -2.25. The van der Waals surface area contributed by atoms with Crippen LogP contribution in [-0.2, 0) is 11.0 Å². The van der Waals surface area contributed by atoms with Crippen molar-refractivity contribution in [1.82, 2.24) is 19.3 Å². The topological polar surface area (TPSA) is 64.7 Å². The molecule has 0 unspecified atom stereocenters. The van der Waals surface area contributed by atoms with E-state index in [0.717, 1.165) is 36.8 Å². The molecule has 1 saturated carbocycles. The largest absolute Gasteiger partial charge is 0.434 e. The minimum atomic E-state index is -4.57. The van der Waals surface area contributed by atoms with E-state index in [1.54, 1.807) is 23.0 Å². The fraction of sp³-hybridized carbons (Fsp3) is 0.381. The molecular formula is C21H21ClF3N5O. The highest BCUT2D eigenvalue weighted by Gasteiger charge is 2.35. The van der Waals surface area contributed by atoms with E-state index in [1.165, 1.54) is 18.4 Å². The van der Waals surface area contributed by atoms with Gasteiger partial charge < -0.3 is 9.88 Å². The number of carbonyl (C=O) groups is 1. The lowest BCUT2D eigenvalue weighted by Gasteiger charge is -2.27. The van der Waals surface area contributed by atoms with Gasteiger partial charge in [0, 0.05) is 17.1 Å². The number of halogens is 4. The van der Waals surface area contributed by atoms with Crippen LogP contribution in [0.25, 0.3) is 5.69 Å². The molecule has 0 aliphatic heterocycles. The minimum Gasteiger partial charge on any atom is -0.322 e. The maximum atomic E-state index is 13.0. The molecule has 0 saturated heterocycles. The summed E-state index contributed by atoms with van der Waals surface area (Å²) >= 11 is 5.99. The van der Waals surface area contributed by atoms with Crippen molar-refractivity contribution in [1.29, 1.82) is 0 Å². The van der Waals surface area contributed by atoms with Gasteiger partial charge in [-0.2, -0.15) is 18.3 Å². The summed E-state index contributed by atoms with van der Waals surface area (Å²) in [6.45, 7) is 2.98. The Hall–Kier alpha value is -2.81. The summed E-state index contributed by atoms with van der Waals surface area (Å²) in [5, 5.41) is 7.91. The second-order valence-electron chi connectivity index (χ2n) is 7.70. The Morgan fingerprint density at radius 3 is 2.48 bits per heavy atom. The van der Waals surface area contributed by atoms with Gasteiger partial charge in [-0.05, 0) is 51.0 Å². The first-order valence-corrected chi connectivity index (χ1v) is 10.3. The Kier molecular flexibility index (Phi) is 5.55.